The molecule has 134 valence electrons. The molecular formula is C20H33N3O. The molecule has 0 aromatic heterocycles. The van der Waals surface area contributed by atoms with E-state index in [1.165, 1.54) is 31.4 Å². The Bertz CT molecular complexity index is 478. The fourth-order valence-electron chi connectivity index (χ4n) is 2.66. The van der Waals surface area contributed by atoms with Crippen LogP contribution in [-0.4, -0.2) is 25.2 Å². The van der Waals surface area contributed by atoms with Gasteiger partial charge in [0.2, 0.25) is 5.91 Å². The van der Waals surface area contributed by atoms with E-state index in [1.54, 1.807) is 6.21 Å². The number of hydrogen-bond acceptors (Lipinski definition) is 3. The summed E-state index contributed by atoms with van der Waals surface area (Å²) >= 11 is 0. The van der Waals surface area contributed by atoms with Crippen LogP contribution in [0.4, 0.5) is 5.69 Å². The number of nitrogens with one attached hydrogen (secondary N) is 1. The van der Waals surface area contributed by atoms with Crippen LogP contribution in [0.5, 0.6) is 0 Å². The van der Waals surface area contributed by atoms with Gasteiger partial charge in [-0.25, -0.2) is 5.43 Å². The summed E-state index contributed by atoms with van der Waals surface area (Å²) in [4.78, 5) is 14.0. The van der Waals surface area contributed by atoms with Gasteiger partial charge in [0.1, 0.15) is 0 Å². The fourth-order valence-corrected chi connectivity index (χ4v) is 2.66. The van der Waals surface area contributed by atoms with Crippen LogP contribution in [0.3, 0.4) is 0 Å². The van der Waals surface area contributed by atoms with Gasteiger partial charge in [-0.15, -0.1) is 0 Å². The molecule has 0 saturated carbocycles. The fraction of sp³-hybridized carbons (Fsp3) is 0.600. The minimum absolute atomic E-state index is 0.00139. The number of benzene rings is 1. The number of carbonyl (C=O) groups is 1. The first-order valence-corrected chi connectivity index (χ1v) is 9.38. The molecule has 0 saturated heterocycles. The molecule has 0 spiro atoms. The van der Waals surface area contributed by atoms with Crippen molar-refractivity contribution in [2.24, 2.45) is 5.10 Å². The summed E-state index contributed by atoms with van der Waals surface area (Å²) in [6.45, 7) is 8.51. The first-order valence-electron chi connectivity index (χ1n) is 9.38. The zero-order chi connectivity index (χ0) is 17.6. The van der Waals surface area contributed by atoms with Gasteiger partial charge in [0.25, 0.3) is 0 Å². The maximum atomic E-state index is 11.7. The van der Waals surface area contributed by atoms with E-state index in [2.05, 4.69) is 48.3 Å². The van der Waals surface area contributed by atoms with Crippen LogP contribution < -0.4 is 10.3 Å². The Hall–Kier alpha value is -1.84. The Morgan fingerprint density at radius 2 is 1.62 bits per heavy atom. The van der Waals surface area contributed by atoms with Crippen LogP contribution in [0, 0.1) is 0 Å². The van der Waals surface area contributed by atoms with Crippen LogP contribution in [0.15, 0.2) is 29.4 Å². The Kier molecular flexibility index (Phi) is 10.6. The van der Waals surface area contributed by atoms with Gasteiger partial charge in [-0.2, -0.15) is 5.10 Å². The van der Waals surface area contributed by atoms with Gasteiger partial charge >= 0.3 is 0 Å². The van der Waals surface area contributed by atoms with Crippen molar-refractivity contribution >= 4 is 17.8 Å². The lowest BCUT2D eigenvalue weighted by Gasteiger charge is -2.20. The molecule has 0 bridgehead atoms. The van der Waals surface area contributed by atoms with Crippen LogP contribution in [-0.2, 0) is 4.79 Å². The van der Waals surface area contributed by atoms with Crippen LogP contribution in [0.25, 0.3) is 0 Å². The zero-order valence-corrected chi connectivity index (χ0v) is 15.6. The number of unbranched alkanes of at least 4 members (excludes halogenated alkanes) is 5. The van der Waals surface area contributed by atoms with Gasteiger partial charge in [-0.1, -0.05) is 51.2 Å². The second-order valence-electron chi connectivity index (χ2n) is 6.07. The smallest absolute Gasteiger partial charge is 0.240 e. The highest BCUT2D eigenvalue weighted by atomic mass is 16.2. The van der Waals surface area contributed by atoms with E-state index in [0.717, 1.165) is 31.5 Å². The zero-order valence-electron chi connectivity index (χ0n) is 15.6. The van der Waals surface area contributed by atoms with E-state index >= 15 is 0 Å². The van der Waals surface area contributed by atoms with E-state index in [0.29, 0.717) is 6.42 Å². The molecule has 1 aromatic rings. The first kappa shape index (κ1) is 20.2. The summed E-state index contributed by atoms with van der Waals surface area (Å²) < 4.78 is 0. The quantitative estimate of drug-likeness (QED) is 0.342. The molecular weight excluding hydrogens is 298 g/mol. The molecule has 0 atom stereocenters. The predicted molar refractivity (Wildman–Crippen MR) is 104 cm³/mol. The van der Waals surface area contributed by atoms with Crippen molar-refractivity contribution in [2.45, 2.75) is 65.7 Å². The summed E-state index contributed by atoms with van der Waals surface area (Å²) in [7, 11) is 0. The number of amides is 1. The van der Waals surface area contributed by atoms with E-state index in [4.69, 9.17) is 0 Å². The minimum Gasteiger partial charge on any atom is -0.372 e. The monoisotopic (exact) mass is 331 g/mol. The van der Waals surface area contributed by atoms with E-state index < -0.39 is 0 Å². The Labute approximate surface area is 147 Å². The second kappa shape index (κ2) is 12.6. The number of carbonyl (C=O) groups excluding carboxylic acids is 1. The SMILES string of the molecule is CCCCCCCCC(=O)NN=Cc1ccc(N(CC)CC)cc1. The third-order valence-corrected chi connectivity index (χ3v) is 4.18. The largest absolute Gasteiger partial charge is 0.372 e. The summed E-state index contributed by atoms with van der Waals surface area (Å²) in [6, 6.07) is 8.23. The molecule has 0 fully saturated rings. The molecule has 1 aromatic carbocycles. The van der Waals surface area contributed by atoms with Crippen molar-refractivity contribution in [3.63, 3.8) is 0 Å². The number of hydrogen-bond donors (Lipinski definition) is 1. The van der Waals surface area contributed by atoms with Crippen molar-refractivity contribution in [1.29, 1.82) is 0 Å². The average Bonchev–Trinajstić information content (AvgIpc) is 2.60. The van der Waals surface area contributed by atoms with Crippen molar-refractivity contribution in [3.05, 3.63) is 29.8 Å². The number of rotatable bonds is 12. The van der Waals surface area contributed by atoms with E-state index in [9.17, 15) is 4.79 Å². The van der Waals surface area contributed by atoms with Crippen LogP contribution in [0.2, 0.25) is 0 Å². The molecule has 1 amide bonds. The highest BCUT2D eigenvalue weighted by molar-refractivity contribution is 5.82. The number of hydrazone groups is 1. The molecule has 0 unspecified atom stereocenters. The van der Waals surface area contributed by atoms with Gasteiger partial charge in [0, 0.05) is 25.2 Å². The third kappa shape index (κ3) is 8.14. The van der Waals surface area contributed by atoms with Crippen molar-refractivity contribution in [3.8, 4) is 0 Å². The van der Waals surface area contributed by atoms with E-state index in [-0.39, 0.29) is 5.91 Å². The molecule has 0 aliphatic rings. The van der Waals surface area contributed by atoms with Gasteiger partial charge in [-0.3, -0.25) is 4.79 Å². The lowest BCUT2D eigenvalue weighted by molar-refractivity contribution is -0.121. The summed E-state index contributed by atoms with van der Waals surface area (Å²) in [5, 5.41) is 4.05. The molecule has 4 heteroatoms. The lowest BCUT2D eigenvalue weighted by atomic mass is 10.1. The maximum Gasteiger partial charge on any atom is 0.240 e. The highest BCUT2D eigenvalue weighted by Gasteiger charge is 2.01. The Balaban J connectivity index is 2.27. The van der Waals surface area contributed by atoms with Crippen molar-refractivity contribution in [2.75, 3.05) is 18.0 Å². The predicted octanol–water partition coefficient (Wildman–Crippen LogP) is 4.73. The third-order valence-electron chi connectivity index (χ3n) is 4.18. The molecule has 0 heterocycles. The van der Waals surface area contributed by atoms with Gasteiger partial charge in [0.15, 0.2) is 0 Å². The van der Waals surface area contributed by atoms with E-state index in [1.807, 2.05) is 12.1 Å². The highest BCUT2D eigenvalue weighted by Crippen LogP contribution is 2.14. The van der Waals surface area contributed by atoms with Gasteiger partial charge < -0.3 is 4.90 Å². The molecule has 4 nitrogen and oxygen atoms in total. The molecule has 1 rings (SSSR count). The standard InChI is InChI=1S/C20H33N3O/c1-4-7-8-9-10-11-12-20(24)22-21-17-18-13-15-19(16-14-18)23(5-2)6-3/h13-17H,4-12H2,1-3H3,(H,22,24). The maximum absolute atomic E-state index is 11.7. The first-order chi connectivity index (χ1) is 11.7. The molecule has 0 aliphatic carbocycles. The lowest BCUT2D eigenvalue weighted by Crippen LogP contribution is -2.21. The normalized spacial score (nSPS) is 11.0. The topological polar surface area (TPSA) is 44.7 Å². The van der Waals surface area contributed by atoms with Gasteiger partial charge in [0.05, 0.1) is 6.21 Å². The summed E-state index contributed by atoms with van der Waals surface area (Å²) in [5.74, 6) is 0.00139. The molecule has 0 radical (unpaired) electrons. The summed E-state index contributed by atoms with van der Waals surface area (Å²) in [6.07, 6.45) is 9.39. The van der Waals surface area contributed by atoms with Crippen LogP contribution >= 0.6 is 0 Å². The second-order valence-corrected chi connectivity index (χ2v) is 6.07. The molecule has 1 N–H and O–H groups in total. The minimum atomic E-state index is 0.00139. The Morgan fingerprint density at radius 3 is 2.25 bits per heavy atom. The Morgan fingerprint density at radius 1 is 1.00 bits per heavy atom. The number of anilines is 1. The van der Waals surface area contributed by atoms with Crippen molar-refractivity contribution in [1.82, 2.24) is 5.43 Å². The average molecular weight is 332 g/mol. The summed E-state index contributed by atoms with van der Waals surface area (Å²) in [5.41, 5.74) is 4.82. The molecule has 0 aliphatic heterocycles. The van der Waals surface area contributed by atoms with Gasteiger partial charge in [-0.05, 0) is 38.0 Å². The molecule has 24 heavy (non-hydrogen) atoms. The number of nitrogens with zero attached hydrogens (tertiary/aromatic N) is 2. The van der Waals surface area contributed by atoms with Crippen molar-refractivity contribution < 1.29 is 4.79 Å². The van der Waals surface area contributed by atoms with Crippen LogP contribution in [0.1, 0.15) is 71.3 Å².